The van der Waals surface area contributed by atoms with Crippen molar-refractivity contribution in [3.8, 4) is 12.0 Å². The zero-order valence-corrected chi connectivity index (χ0v) is 12.3. The Balaban J connectivity index is 3.00. The lowest BCUT2D eigenvalue weighted by Gasteiger charge is -2.00. The second-order valence-corrected chi connectivity index (χ2v) is 4.91. The van der Waals surface area contributed by atoms with Gasteiger partial charge in [-0.25, -0.2) is 0 Å². The average molecular weight is 251 g/mol. The second-order valence-electron chi connectivity index (χ2n) is 4.91. The van der Waals surface area contributed by atoms with Gasteiger partial charge in [0, 0.05) is 6.42 Å². The lowest BCUT2D eigenvalue weighted by molar-refractivity contribution is 0.283. The Labute approximate surface area is 115 Å². The van der Waals surface area contributed by atoms with E-state index in [1.807, 2.05) is 0 Å². The summed E-state index contributed by atoms with van der Waals surface area (Å²) >= 11 is 0. The molecule has 0 spiro atoms. The van der Waals surface area contributed by atoms with Gasteiger partial charge in [-0.05, 0) is 19.8 Å². The van der Waals surface area contributed by atoms with Crippen LogP contribution < -0.4 is 0 Å². The molecule has 0 N–H and O–H groups in total. The van der Waals surface area contributed by atoms with Gasteiger partial charge < -0.3 is 4.74 Å². The molecule has 1 nitrogen and oxygen atoms in total. The van der Waals surface area contributed by atoms with E-state index in [0.717, 1.165) is 12.8 Å². The smallest absolute Gasteiger partial charge is 0.110 e. The quantitative estimate of drug-likeness (QED) is 0.329. The Morgan fingerprint density at radius 3 is 1.94 bits per heavy atom. The van der Waals surface area contributed by atoms with Crippen LogP contribution in [-0.2, 0) is 4.74 Å². The lowest BCUT2D eigenvalue weighted by Crippen LogP contribution is -1.83. The van der Waals surface area contributed by atoms with E-state index in [0.29, 0.717) is 6.61 Å². The van der Waals surface area contributed by atoms with Crippen molar-refractivity contribution in [3.63, 3.8) is 0 Å². The number of hydrogen-bond acceptors (Lipinski definition) is 1. The Hall–Kier alpha value is -0.640. The number of rotatable bonds is 12. The molecule has 0 aliphatic rings. The van der Waals surface area contributed by atoms with Gasteiger partial charge in [-0.15, -0.1) is 0 Å². The minimum absolute atomic E-state index is 0.658. The van der Waals surface area contributed by atoms with Crippen molar-refractivity contribution >= 4 is 0 Å². The first-order valence-electron chi connectivity index (χ1n) is 7.80. The summed E-state index contributed by atoms with van der Waals surface area (Å²) in [6.07, 6.45) is 18.3. The zero-order valence-electron chi connectivity index (χ0n) is 12.3. The predicted octanol–water partition coefficient (Wildman–Crippen LogP) is 5.50. The third kappa shape index (κ3) is 15.4. The summed E-state index contributed by atoms with van der Waals surface area (Å²) in [4.78, 5) is 0. The number of ether oxygens (including phenoxy) is 1. The highest BCUT2D eigenvalue weighted by Crippen LogP contribution is 2.10. The monoisotopic (exact) mass is 251 g/mol. The minimum Gasteiger partial charge on any atom is -0.447 e. The van der Waals surface area contributed by atoms with Crippen LogP contribution in [0.3, 0.4) is 0 Å². The highest BCUT2D eigenvalue weighted by Gasteiger charge is 1.91. The molecule has 0 unspecified atom stereocenters. The minimum atomic E-state index is 0.658. The third-order valence-corrected chi connectivity index (χ3v) is 3.05. The molecule has 0 fully saturated rings. The fourth-order valence-corrected chi connectivity index (χ4v) is 1.93. The highest BCUT2D eigenvalue weighted by atomic mass is 16.5. The van der Waals surface area contributed by atoms with E-state index in [1.54, 1.807) is 0 Å². The zero-order chi connectivity index (χ0) is 13.3. The van der Waals surface area contributed by atoms with Crippen molar-refractivity contribution in [2.75, 3.05) is 6.61 Å². The largest absolute Gasteiger partial charge is 0.447 e. The molecule has 1 heteroatoms. The summed E-state index contributed by atoms with van der Waals surface area (Å²) < 4.78 is 5.05. The van der Waals surface area contributed by atoms with Gasteiger partial charge in [0.1, 0.15) is 12.7 Å². The SMILES string of the molecule is [CH2]CCOC#CCCCCCCCCCCCC. The maximum atomic E-state index is 5.05. The van der Waals surface area contributed by atoms with Crippen molar-refractivity contribution in [1.82, 2.24) is 0 Å². The summed E-state index contributed by atoms with van der Waals surface area (Å²) in [5, 5.41) is 0. The van der Waals surface area contributed by atoms with E-state index in [4.69, 9.17) is 4.74 Å². The van der Waals surface area contributed by atoms with Crippen LogP contribution in [0.2, 0.25) is 0 Å². The van der Waals surface area contributed by atoms with Gasteiger partial charge in [0.25, 0.3) is 0 Å². The van der Waals surface area contributed by atoms with Crippen LogP contribution >= 0.6 is 0 Å². The molecule has 0 aliphatic heterocycles. The van der Waals surface area contributed by atoms with Crippen molar-refractivity contribution in [1.29, 1.82) is 0 Å². The molecule has 18 heavy (non-hydrogen) atoms. The van der Waals surface area contributed by atoms with Gasteiger partial charge in [-0.1, -0.05) is 70.6 Å². The predicted molar refractivity (Wildman–Crippen MR) is 80.2 cm³/mol. The molecule has 0 aliphatic carbocycles. The molecule has 0 saturated heterocycles. The molecule has 0 heterocycles. The Bertz CT molecular complexity index is 199. The molecule has 0 aromatic heterocycles. The molecular formula is C17H31O. The Kier molecular flexibility index (Phi) is 15.8. The van der Waals surface area contributed by atoms with Gasteiger partial charge in [-0.2, -0.15) is 0 Å². The standard InChI is InChI=1S/C17H31O/c1-3-5-6-7-8-9-10-11-12-13-14-15-17-18-16-4-2/h2-14,16H2,1H3. The van der Waals surface area contributed by atoms with Crippen molar-refractivity contribution in [2.24, 2.45) is 0 Å². The molecule has 1 radical (unpaired) electrons. The topological polar surface area (TPSA) is 9.23 Å². The van der Waals surface area contributed by atoms with Crippen LogP contribution in [0.1, 0.15) is 84.0 Å². The average Bonchev–Trinajstić information content (AvgIpc) is 2.39. The lowest BCUT2D eigenvalue weighted by atomic mass is 10.1. The first-order chi connectivity index (χ1) is 8.91. The van der Waals surface area contributed by atoms with E-state index in [1.165, 1.54) is 64.2 Å². The maximum Gasteiger partial charge on any atom is 0.110 e. The van der Waals surface area contributed by atoms with Gasteiger partial charge in [0.2, 0.25) is 0 Å². The summed E-state index contributed by atoms with van der Waals surface area (Å²) in [6.45, 7) is 6.62. The van der Waals surface area contributed by atoms with Crippen LogP contribution in [0.15, 0.2) is 0 Å². The van der Waals surface area contributed by atoms with E-state index in [2.05, 4.69) is 25.9 Å². The first-order valence-corrected chi connectivity index (χ1v) is 7.80. The highest BCUT2D eigenvalue weighted by molar-refractivity contribution is 4.90. The Morgan fingerprint density at radius 1 is 0.833 bits per heavy atom. The fourth-order valence-electron chi connectivity index (χ4n) is 1.93. The maximum absolute atomic E-state index is 5.05. The molecule has 0 amide bonds. The van der Waals surface area contributed by atoms with E-state index >= 15 is 0 Å². The first kappa shape index (κ1) is 17.4. The van der Waals surface area contributed by atoms with Gasteiger partial charge >= 0.3 is 0 Å². The van der Waals surface area contributed by atoms with Crippen LogP contribution in [0.5, 0.6) is 0 Å². The summed E-state index contributed by atoms with van der Waals surface area (Å²) in [7, 11) is 0. The Morgan fingerprint density at radius 2 is 1.39 bits per heavy atom. The summed E-state index contributed by atoms with van der Waals surface area (Å²) in [5.74, 6) is 3.05. The molecule has 0 bridgehead atoms. The van der Waals surface area contributed by atoms with E-state index < -0.39 is 0 Å². The molecular weight excluding hydrogens is 220 g/mol. The van der Waals surface area contributed by atoms with Crippen molar-refractivity contribution in [2.45, 2.75) is 84.0 Å². The molecule has 0 atom stereocenters. The molecule has 0 aromatic carbocycles. The molecule has 105 valence electrons. The second kappa shape index (κ2) is 16.4. The summed E-state index contributed by atoms with van der Waals surface area (Å²) in [6, 6.07) is 0. The van der Waals surface area contributed by atoms with Gasteiger partial charge in [0.15, 0.2) is 0 Å². The number of unbranched alkanes of at least 4 members (excludes halogenated alkanes) is 10. The van der Waals surface area contributed by atoms with E-state index in [9.17, 15) is 0 Å². The van der Waals surface area contributed by atoms with Crippen LogP contribution in [0, 0.1) is 19.0 Å². The van der Waals surface area contributed by atoms with Crippen LogP contribution in [0.25, 0.3) is 0 Å². The molecule has 0 saturated carbocycles. The molecule has 0 aromatic rings. The normalized spacial score (nSPS) is 9.89. The number of hydrogen-bond donors (Lipinski definition) is 0. The fraction of sp³-hybridized carbons (Fsp3) is 0.824. The van der Waals surface area contributed by atoms with Crippen molar-refractivity contribution in [3.05, 3.63) is 6.92 Å². The van der Waals surface area contributed by atoms with Crippen LogP contribution in [0.4, 0.5) is 0 Å². The summed E-state index contributed by atoms with van der Waals surface area (Å²) in [5.41, 5.74) is 0. The van der Waals surface area contributed by atoms with Gasteiger partial charge in [-0.3, -0.25) is 0 Å². The molecule has 0 rings (SSSR count). The van der Waals surface area contributed by atoms with Crippen molar-refractivity contribution < 1.29 is 4.74 Å². The van der Waals surface area contributed by atoms with Crippen LogP contribution in [-0.4, -0.2) is 6.61 Å². The van der Waals surface area contributed by atoms with Gasteiger partial charge in [0.05, 0.1) is 0 Å². The third-order valence-electron chi connectivity index (χ3n) is 3.05. The van der Waals surface area contributed by atoms with E-state index in [-0.39, 0.29) is 0 Å².